The first kappa shape index (κ1) is 24.9. The number of para-hydroxylation sites is 1. The number of carbonyl (C=O) groups excluding carboxylic acids is 1. The number of piperidine rings is 2. The van der Waals surface area contributed by atoms with Gasteiger partial charge in [-0.3, -0.25) is 14.0 Å². The van der Waals surface area contributed by atoms with Crippen LogP contribution in [0.4, 0.5) is 5.95 Å². The molecule has 7 rings (SSSR count). The predicted molar refractivity (Wildman–Crippen MR) is 156 cm³/mol. The summed E-state index contributed by atoms with van der Waals surface area (Å²) in [5, 5.41) is 3.49. The Balaban J connectivity index is 1.29. The quantitative estimate of drug-likeness (QED) is 0.422. The van der Waals surface area contributed by atoms with Crippen LogP contribution in [0.3, 0.4) is 0 Å². The number of fused-ring (bicyclic) bond motifs is 6. The van der Waals surface area contributed by atoms with Crippen molar-refractivity contribution >= 4 is 49.3 Å². The molecule has 3 fully saturated rings. The van der Waals surface area contributed by atoms with Gasteiger partial charge in [-0.1, -0.05) is 12.1 Å². The number of nitrogens with one attached hydrogen (secondary N) is 1. The van der Waals surface area contributed by atoms with Gasteiger partial charge >= 0.3 is 0 Å². The fourth-order valence-corrected chi connectivity index (χ4v) is 7.93. The fraction of sp³-hybridized carbons (Fsp3) is 0.517. The minimum atomic E-state index is -0.304. The molecular weight excluding hydrogens is 510 g/mol. The summed E-state index contributed by atoms with van der Waals surface area (Å²) < 4.78 is 3.02. The Kier molecular flexibility index (Phi) is 6.28. The molecule has 3 aliphatic heterocycles. The van der Waals surface area contributed by atoms with Crippen molar-refractivity contribution in [3.8, 4) is 0 Å². The van der Waals surface area contributed by atoms with Crippen molar-refractivity contribution in [3.05, 3.63) is 46.2 Å². The van der Waals surface area contributed by atoms with E-state index in [4.69, 9.17) is 4.98 Å². The average molecular weight is 546 g/mol. The molecule has 3 saturated heterocycles. The molecule has 3 aliphatic rings. The second-order valence-corrected chi connectivity index (χ2v) is 12.8. The van der Waals surface area contributed by atoms with Crippen LogP contribution in [-0.2, 0) is 0 Å². The van der Waals surface area contributed by atoms with Gasteiger partial charge in [-0.25, -0.2) is 4.98 Å². The number of nitrogens with zero attached hydrogens (tertiary/aromatic N) is 6. The lowest BCUT2D eigenvalue weighted by molar-refractivity contribution is 0.0939. The van der Waals surface area contributed by atoms with E-state index >= 15 is 0 Å². The first-order chi connectivity index (χ1) is 19.0. The Hall–Kier alpha value is -3.08. The van der Waals surface area contributed by atoms with E-state index in [1.165, 1.54) is 17.8 Å². The van der Waals surface area contributed by atoms with Gasteiger partial charge in [0, 0.05) is 32.4 Å². The number of carbonyl (C=O) groups is 1. The molecule has 10 heteroatoms. The van der Waals surface area contributed by atoms with Crippen LogP contribution in [0.5, 0.6) is 0 Å². The zero-order valence-corrected chi connectivity index (χ0v) is 23.4. The van der Waals surface area contributed by atoms with Gasteiger partial charge in [0.05, 0.1) is 15.6 Å². The van der Waals surface area contributed by atoms with Gasteiger partial charge in [0.15, 0.2) is 5.65 Å². The van der Waals surface area contributed by atoms with Crippen molar-refractivity contribution in [2.45, 2.75) is 19.3 Å². The van der Waals surface area contributed by atoms with Gasteiger partial charge in [-0.2, -0.15) is 4.98 Å². The van der Waals surface area contributed by atoms with Crippen molar-refractivity contribution in [2.75, 3.05) is 64.8 Å². The summed E-state index contributed by atoms with van der Waals surface area (Å²) in [5.41, 5.74) is 1.44. The molecule has 9 nitrogen and oxygen atoms in total. The van der Waals surface area contributed by atoms with E-state index in [-0.39, 0.29) is 16.9 Å². The van der Waals surface area contributed by atoms with Crippen molar-refractivity contribution in [2.24, 2.45) is 17.8 Å². The first-order valence-electron chi connectivity index (χ1n) is 14.1. The van der Waals surface area contributed by atoms with Crippen molar-refractivity contribution < 1.29 is 4.79 Å². The third kappa shape index (κ3) is 4.38. The molecule has 204 valence electrons. The van der Waals surface area contributed by atoms with Gasteiger partial charge in [-0.05, 0) is 82.9 Å². The van der Waals surface area contributed by atoms with Crippen LogP contribution in [0.1, 0.15) is 29.6 Å². The number of amides is 1. The number of benzene rings is 1. The van der Waals surface area contributed by atoms with Crippen LogP contribution in [0, 0.1) is 17.8 Å². The number of rotatable bonds is 4. The number of anilines is 1. The molecule has 0 saturated carbocycles. The summed E-state index contributed by atoms with van der Waals surface area (Å²) in [5.74, 6) is 2.06. The molecule has 6 heterocycles. The normalized spacial score (nSPS) is 23.2. The lowest BCUT2D eigenvalue weighted by Gasteiger charge is -2.31. The lowest BCUT2D eigenvalue weighted by Crippen LogP contribution is -2.38. The van der Waals surface area contributed by atoms with E-state index in [0.29, 0.717) is 46.1 Å². The number of thiazole rings is 1. The average Bonchev–Trinajstić information content (AvgIpc) is 3.54. The SMILES string of the molecule is CN1CCC(CNC(=O)c2c(=O)c3cnc(N4CC5CCN(C)CC5C4)nc3n3c2sc2ccccc23)CC1. The number of hydrogen-bond acceptors (Lipinski definition) is 8. The highest BCUT2D eigenvalue weighted by Crippen LogP contribution is 2.34. The molecule has 4 aromatic rings. The standard InChI is InChI=1S/C29H35N7O2S/c1-33-10-7-18(8-11-33)13-30-27(38)24-25(37)21-14-31-29(35-16-19-9-12-34(2)15-20(19)17-35)32-26(21)36-22-5-3-4-6-23(22)39-28(24)36/h3-6,14,18-20H,7-13,15-17H2,1-2H3,(H,30,38). The van der Waals surface area contributed by atoms with E-state index in [9.17, 15) is 9.59 Å². The van der Waals surface area contributed by atoms with Crippen molar-refractivity contribution in [3.63, 3.8) is 0 Å². The third-order valence-corrected chi connectivity index (χ3v) is 10.2. The van der Waals surface area contributed by atoms with Crippen LogP contribution in [-0.4, -0.2) is 90.0 Å². The predicted octanol–water partition coefficient (Wildman–Crippen LogP) is 2.92. The van der Waals surface area contributed by atoms with E-state index < -0.39 is 0 Å². The van der Waals surface area contributed by atoms with Crippen molar-refractivity contribution in [1.29, 1.82) is 0 Å². The van der Waals surface area contributed by atoms with Gasteiger partial charge < -0.3 is 20.0 Å². The molecule has 3 aromatic heterocycles. The lowest BCUT2D eigenvalue weighted by atomic mass is 9.89. The van der Waals surface area contributed by atoms with Gasteiger partial charge in [0.2, 0.25) is 11.4 Å². The maximum absolute atomic E-state index is 13.9. The third-order valence-electron chi connectivity index (χ3n) is 9.07. The smallest absolute Gasteiger partial charge is 0.258 e. The molecule has 0 aliphatic carbocycles. The van der Waals surface area contributed by atoms with Crippen LogP contribution < -0.4 is 15.6 Å². The molecule has 0 spiro atoms. The van der Waals surface area contributed by atoms with Gasteiger partial charge in [0.25, 0.3) is 5.91 Å². The molecule has 1 amide bonds. The molecular formula is C29H35N7O2S. The highest BCUT2D eigenvalue weighted by molar-refractivity contribution is 7.24. The number of aromatic nitrogens is 3. The first-order valence-corrected chi connectivity index (χ1v) is 14.9. The van der Waals surface area contributed by atoms with E-state index in [0.717, 1.165) is 62.3 Å². The van der Waals surface area contributed by atoms with Crippen LogP contribution in [0.25, 0.3) is 26.1 Å². The Morgan fingerprint density at radius 3 is 2.64 bits per heavy atom. The summed E-state index contributed by atoms with van der Waals surface area (Å²) in [4.78, 5) is 44.8. The van der Waals surface area contributed by atoms with Crippen LogP contribution in [0.2, 0.25) is 0 Å². The Morgan fingerprint density at radius 1 is 1.03 bits per heavy atom. The molecule has 2 atom stereocenters. The topological polar surface area (TPSA) is 86.1 Å². The van der Waals surface area contributed by atoms with Crippen molar-refractivity contribution in [1.82, 2.24) is 29.5 Å². The summed E-state index contributed by atoms with van der Waals surface area (Å²) >= 11 is 1.48. The van der Waals surface area contributed by atoms with E-state index in [2.05, 4.69) is 39.1 Å². The Labute approximate surface area is 231 Å². The largest absolute Gasteiger partial charge is 0.352 e. The highest BCUT2D eigenvalue weighted by Gasteiger charge is 2.37. The number of pyridine rings is 1. The molecule has 1 N–H and O–H groups in total. The van der Waals surface area contributed by atoms with Gasteiger partial charge in [0.1, 0.15) is 10.4 Å². The molecule has 0 radical (unpaired) electrons. The zero-order valence-electron chi connectivity index (χ0n) is 22.6. The maximum Gasteiger partial charge on any atom is 0.258 e. The van der Waals surface area contributed by atoms with E-state index in [1.807, 2.05) is 28.7 Å². The summed E-state index contributed by atoms with van der Waals surface area (Å²) in [6.45, 7) is 6.77. The van der Waals surface area contributed by atoms with Crippen LogP contribution in [0.15, 0.2) is 35.3 Å². The highest BCUT2D eigenvalue weighted by atomic mass is 32.1. The minimum Gasteiger partial charge on any atom is -0.352 e. The second kappa shape index (κ2) is 9.83. The Bertz CT molecular complexity index is 1620. The molecule has 0 bridgehead atoms. The second-order valence-electron chi connectivity index (χ2n) is 11.8. The summed E-state index contributed by atoms with van der Waals surface area (Å²) in [6, 6.07) is 8.04. The molecule has 2 unspecified atom stereocenters. The zero-order chi connectivity index (χ0) is 26.7. The number of hydrogen-bond donors (Lipinski definition) is 1. The number of likely N-dealkylation sites (tertiary alicyclic amines) is 2. The maximum atomic E-state index is 13.9. The Morgan fingerprint density at radius 2 is 1.79 bits per heavy atom. The summed E-state index contributed by atoms with van der Waals surface area (Å²) in [7, 11) is 4.32. The molecule has 39 heavy (non-hydrogen) atoms. The minimum absolute atomic E-state index is 0.197. The monoisotopic (exact) mass is 545 g/mol. The van der Waals surface area contributed by atoms with Crippen LogP contribution >= 0.6 is 11.3 Å². The fourth-order valence-electron chi connectivity index (χ4n) is 6.74. The van der Waals surface area contributed by atoms with Gasteiger partial charge in [-0.15, -0.1) is 11.3 Å². The molecule has 1 aromatic carbocycles. The van der Waals surface area contributed by atoms with E-state index in [1.54, 1.807) is 6.20 Å². The summed E-state index contributed by atoms with van der Waals surface area (Å²) in [6.07, 6.45) is 4.94.